The molecule has 0 radical (unpaired) electrons. The minimum Gasteiger partial charge on any atom is -0.484 e. The predicted octanol–water partition coefficient (Wildman–Crippen LogP) is 2.91. The molecule has 0 aromatic heterocycles. The van der Waals surface area contributed by atoms with Crippen LogP contribution in [0.3, 0.4) is 0 Å². The average Bonchev–Trinajstić information content (AvgIpc) is 2.43. The molecule has 2 amide bonds. The van der Waals surface area contributed by atoms with Gasteiger partial charge in [0.2, 0.25) is 0 Å². The number of halogens is 3. The Bertz CT molecular complexity index is 504. The van der Waals surface area contributed by atoms with Gasteiger partial charge in [-0.05, 0) is 25.5 Å². The number of nitrogens with one attached hydrogen (secondary N) is 2. The fourth-order valence-corrected chi connectivity index (χ4v) is 1.40. The van der Waals surface area contributed by atoms with E-state index in [1.165, 1.54) is 24.3 Å². The number of carbonyl (C=O) groups excluding carboxylic acids is 1. The first-order chi connectivity index (χ1) is 10.1. The van der Waals surface area contributed by atoms with Gasteiger partial charge in [0.05, 0.1) is 5.60 Å². The molecular formula is C14H19F3N2O3. The third kappa shape index (κ3) is 7.16. The Balaban J connectivity index is 2.54. The molecule has 22 heavy (non-hydrogen) atoms. The van der Waals surface area contributed by atoms with Crippen molar-refractivity contribution in [3.05, 3.63) is 24.3 Å². The maximum atomic E-state index is 12.1. The molecule has 1 aromatic rings. The summed E-state index contributed by atoms with van der Waals surface area (Å²) in [5, 5.41) is 14.7. The van der Waals surface area contributed by atoms with Crippen molar-refractivity contribution in [1.29, 1.82) is 0 Å². The van der Waals surface area contributed by atoms with Gasteiger partial charge in [0.15, 0.2) is 6.61 Å². The van der Waals surface area contributed by atoms with Gasteiger partial charge in [0.1, 0.15) is 5.75 Å². The first kappa shape index (κ1) is 18.1. The molecule has 8 heteroatoms. The summed E-state index contributed by atoms with van der Waals surface area (Å²) in [7, 11) is 0. The Morgan fingerprint density at radius 3 is 2.64 bits per heavy atom. The van der Waals surface area contributed by atoms with Crippen LogP contribution >= 0.6 is 0 Å². The average molecular weight is 320 g/mol. The van der Waals surface area contributed by atoms with Crippen molar-refractivity contribution in [2.75, 3.05) is 18.5 Å². The topological polar surface area (TPSA) is 70.6 Å². The van der Waals surface area contributed by atoms with Crippen LogP contribution in [0.4, 0.5) is 23.7 Å². The molecule has 0 saturated carbocycles. The van der Waals surface area contributed by atoms with Crippen LogP contribution in [0.5, 0.6) is 5.75 Å². The standard InChI is InChI=1S/C14H19F3N2O3/c1-3-13(2,21)8-18-12(20)19-10-5-4-6-11(7-10)22-9-14(15,16)17/h4-7,21H,3,8-9H2,1-2H3,(H2,18,19,20)/t13-/m0/s1. The fourth-order valence-electron chi connectivity index (χ4n) is 1.40. The second-order valence-electron chi connectivity index (χ2n) is 5.09. The zero-order chi connectivity index (χ0) is 16.8. The first-order valence-corrected chi connectivity index (χ1v) is 6.68. The maximum Gasteiger partial charge on any atom is 0.422 e. The van der Waals surface area contributed by atoms with Gasteiger partial charge in [0, 0.05) is 18.3 Å². The Morgan fingerprint density at radius 2 is 2.05 bits per heavy atom. The van der Waals surface area contributed by atoms with E-state index in [4.69, 9.17) is 0 Å². The molecule has 1 rings (SSSR count). The van der Waals surface area contributed by atoms with Crippen molar-refractivity contribution in [2.24, 2.45) is 0 Å². The number of ether oxygens (including phenoxy) is 1. The van der Waals surface area contributed by atoms with Crippen molar-refractivity contribution >= 4 is 11.7 Å². The summed E-state index contributed by atoms with van der Waals surface area (Å²) in [6, 6.07) is 5.04. The number of hydrogen-bond donors (Lipinski definition) is 3. The van der Waals surface area contributed by atoms with E-state index in [0.717, 1.165) is 0 Å². The first-order valence-electron chi connectivity index (χ1n) is 6.68. The quantitative estimate of drug-likeness (QED) is 0.755. The molecular weight excluding hydrogens is 301 g/mol. The van der Waals surface area contributed by atoms with E-state index in [1.54, 1.807) is 13.8 Å². The summed E-state index contributed by atoms with van der Waals surface area (Å²) in [6.45, 7) is 2.02. The zero-order valence-electron chi connectivity index (χ0n) is 12.3. The van der Waals surface area contributed by atoms with E-state index < -0.39 is 24.4 Å². The summed E-state index contributed by atoms with van der Waals surface area (Å²) in [5.74, 6) is -0.00400. The summed E-state index contributed by atoms with van der Waals surface area (Å²) >= 11 is 0. The highest BCUT2D eigenvalue weighted by Gasteiger charge is 2.28. The van der Waals surface area contributed by atoms with Gasteiger partial charge in [-0.3, -0.25) is 0 Å². The van der Waals surface area contributed by atoms with Crippen LogP contribution in [0, 0.1) is 0 Å². The lowest BCUT2D eigenvalue weighted by atomic mass is 10.0. The Morgan fingerprint density at radius 1 is 1.36 bits per heavy atom. The molecule has 0 saturated heterocycles. The van der Waals surface area contributed by atoms with E-state index in [-0.39, 0.29) is 18.0 Å². The molecule has 0 aliphatic heterocycles. The minimum absolute atomic E-state index is 0.00400. The number of aliphatic hydroxyl groups is 1. The van der Waals surface area contributed by atoms with Gasteiger partial charge in [-0.1, -0.05) is 13.0 Å². The highest BCUT2D eigenvalue weighted by Crippen LogP contribution is 2.21. The zero-order valence-corrected chi connectivity index (χ0v) is 12.3. The molecule has 5 nitrogen and oxygen atoms in total. The van der Waals surface area contributed by atoms with Gasteiger partial charge in [0.25, 0.3) is 0 Å². The summed E-state index contributed by atoms with van der Waals surface area (Å²) < 4.78 is 40.8. The van der Waals surface area contributed by atoms with Crippen LogP contribution in [-0.4, -0.2) is 36.1 Å². The SMILES string of the molecule is CC[C@](C)(O)CNC(=O)Nc1cccc(OCC(F)(F)F)c1. The highest BCUT2D eigenvalue weighted by molar-refractivity contribution is 5.89. The molecule has 1 atom stereocenters. The van der Waals surface area contributed by atoms with Crippen molar-refractivity contribution in [1.82, 2.24) is 5.32 Å². The monoisotopic (exact) mass is 320 g/mol. The van der Waals surface area contributed by atoms with Crippen LogP contribution in [0.15, 0.2) is 24.3 Å². The van der Waals surface area contributed by atoms with E-state index in [9.17, 15) is 23.1 Å². The van der Waals surface area contributed by atoms with Gasteiger partial charge in [-0.15, -0.1) is 0 Å². The van der Waals surface area contributed by atoms with Crippen molar-refractivity contribution in [2.45, 2.75) is 32.0 Å². The third-order valence-electron chi connectivity index (χ3n) is 2.89. The molecule has 1 aromatic carbocycles. The third-order valence-corrected chi connectivity index (χ3v) is 2.89. The molecule has 0 aliphatic rings. The number of urea groups is 1. The van der Waals surface area contributed by atoms with E-state index in [0.29, 0.717) is 6.42 Å². The van der Waals surface area contributed by atoms with E-state index in [2.05, 4.69) is 15.4 Å². The maximum absolute atomic E-state index is 12.1. The summed E-state index contributed by atoms with van der Waals surface area (Å²) in [5.41, 5.74) is -0.733. The molecule has 0 unspecified atom stereocenters. The van der Waals surface area contributed by atoms with Crippen LogP contribution < -0.4 is 15.4 Å². The molecule has 0 bridgehead atoms. The number of anilines is 1. The van der Waals surface area contributed by atoms with Gasteiger partial charge >= 0.3 is 12.2 Å². The van der Waals surface area contributed by atoms with Crippen LogP contribution in [-0.2, 0) is 0 Å². The van der Waals surface area contributed by atoms with Gasteiger partial charge in [-0.2, -0.15) is 13.2 Å². The largest absolute Gasteiger partial charge is 0.484 e. The number of rotatable bonds is 6. The van der Waals surface area contributed by atoms with Gasteiger partial charge in [-0.25, -0.2) is 4.79 Å². The molecule has 0 aliphatic carbocycles. The normalized spacial score (nSPS) is 14.1. The van der Waals surface area contributed by atoms with E-state index >= 15 is 0 Å². The Labute approximate surface area is 126 Å². The summed E-state index contributed by atoms with van der Waals surface area (Å²) in [4.78, 5) is 11.6. The number of alkyl halides is 3. The smallest absolute Gasteiger partial charge is 0.422 e. The van der Waals surface area contributed by atoms with Crippen LogP contribution in [0.1, 0.15) is 20.3 Å². The second kappa shape index (κ2) is 7.35. The summed E-state index contributed by atoms with van der Waals surface area (Å²) in [6.07, 6.45) is -3.96. The van der Waals surface area contributed by atoms with Crippen molar-refractivity contribution in [3.8, 4) is 5.75 Å². The Hall–Kier alpha value is -1.96. The number of carbonyl (C=O) groups is 1. The fraction of sp³-hybridized carbons (Fsp3) is 0.500. The lowest BCUT2D eigenvalue weighted by Crippen LogP contribution is -2.41. The van der Waals surface area contributed by atoms with Gasteiger partial charge < -0.3 is 20.5 Å². The predicted molar refractivity (Wildman–Crippen MR) is 75.9 cm³/mol. The van der Waals surface area contributed by atoms with Crippen molar-refractivity contribution in [3.63, 3.8) is 0 Å². The molecule has 124 valence electrons. The van der Waals surface area contributed by atoms with Crippen LogP contribution in [0.2, 0.25) is 0 Å². The highest BCUT2D eigenvalue weighted by atomic mass is 19.4. The molecule has 0 spiro atoms. The number of hydrogen-bond acceptors (Lipinski definition) is 3. The molecule has 3 N–H and O–H groups in total. The molecule has 0 heterocycles. The number of amides is 2. The lowest BCUT2D eigenvalue weighted by Gasteiger charge is -2.21. The minimum atomic E-state index is -4.42. The Kier molecular flexibility index (Phi) is 6.04. The van der Waals surface area contributed by atoms with E-state index in [1.807, 2.05) is 0 Å². The number of benzene rings is 1. The van der Waals surface area contributed by atoms with Crippen molar-refractivity contribution < 1.29 is 27.8 Å². The molecule has 0 fully saturated rings. The lowest BCUT2D eigenvalue weighted by molar-refractivity contribution is -0.153. The van der Waals surface area contributed by atoms with Crippen LogP contribution in [0.25, 0.3) is 0 Å². The second-order valence-corrected chi connectivity index (χ2v) is 5.09.